The lowest BCUT2D eigenvalue weighted by molar-refractivity contribution is 0.247. The van der Waals surface area contributed by atoms with Crippen molar-refractivity contribution in [2.45, 2.75) is 39.7 Å². The summed E-state index contributed by atoms with van der Waals surface area (Å²) in [6.45, 7) is 7.45. The lowest BCUT2D eigenvalue weighted by Gasteiger charge is -2.28. The van der Waals surface area contributed by atoms with Gasteiger partial charge in [-0.25, -0.2) is 0 Å². The van der Waals surface area contributed by atoms with E-state index in [1.807, 2.05) is 12.1 Å². The summed E-state index contributed by atoms with van der Waals surface area (Å²) in [4.78, 5) is 2.95. The minimum atomic E-state index is -0.0559. The third-order valence-corrected chi connectivity index (χ3v) is 4.80. The van der Waals surface area contributed by atoms with Crippen LogP contribution in [0.5, 0.6) is 0 Å². The van der Waals surface area contributed by atoms with Gasteiger partial charge in [-0.3, -0.25) is 4.90 Å². The molecule has 1 rings (SSSR count). The smallest absolute Gasteiger partial charge is 0.0784 e. The molecule has 2 nitrogen and oxygen atoms in total. The van der Waals surface area contributed by atoms with Crippen LogP contribution in [0, 0.1) is 5.41 Å². The first kappa shape index (κ1) is 17.4. The SMILES string of the molecule is CC(c1ccc(Cl)cc1)N(C)CCCC(C)(C)C(N)=S. The van der Waals surface area contributed by atoms with Crippen LogP contribution in [0.4, 0.5) is 0 Å². The maximum Gasteiger partial charge on any atom is 0.0784 e. The first-order valence-corrected chi connectivity index (χ1v) is 7.78. The second-order valence-corrected chi connectivity index (χ2v) is 6.94. The molecule has 20 heavy (non-hydrogen) atoms. The molecule has 0 aliphatic rings. The number of thiocarbonyl (C=S) groups is 1. The molecule has 0 saturated carbocycles. The van der Waals surface area contributed by atoms with Gasteiger partial charge >= 0.3 is 0 Å². The number of rotatable bonds is 7. The van der Waals surface area contributed by atoms with Gasteiger partial charge in [0.05, 0.1) is 4.99 Å². The third kappa shape index (κ3) is 5.04. The highest BCUT2D eigenvalue weighted by atomic mass is 35.5. The van der Waals surface area contributed by atoms with Crippen LogP contribution < -0.4 is 5.73 Å². The van der Waals surface area contributed by atoms with Gasteiger partial charge in [0.15, 0.2) is 0 Å². The van der Waals surface area contributed by atoms with Crippen LogP contribution in [-0.4, -0.2) is 23.5 Å². The van der Waals surface area contributed by atoms with Crippen LogP contribution in [0.15, 0.2) is 24.3 Å². The van der Waals surface area contributed by atoms with Gasteiger partial charge in [-0.15, -0.1) is 0 Å². The minimum Gasteiger partial charge on any atom is -0.393 e. The molecule has 0 spiro atoms. The van der Waals surface area contributed by atoms with Crippen LogP contribution >= 0.6 is 23.8 Å². The van der Waals surface area contributed by atoms with Gasteiger partial charge < -0.3 is 5.73 Å². The van der Waals surface area contributed by atoms with Crippen LogP contribution in [0.1, 0.15) is 45.2 Å². The van der Waals surface area contributed by atoms with E-state index in [1.165, 1.54) is 5.56 Å². The maximum absolute atomic E-state index is 5.92. The number of nitrogens with two attached hydrogens (primary N) is 1. The highest BCUT2D eigenvalue weighted by Gasteiger charge is 2.21. The molecule has 1 aromatic rings. The highest BCUT2D eigenvalue weighted by molar-refractivity contribution is 7.80. The summed E-state index contributed by atoms with van der Waals surface area (Å²) in [7, 11) is 2.15. The number of hydrogen-bond acceptors (Lipinski definition) is 2. The van der Waals surface area contributed by atoms with Crippen molar-refractivity contribution in [1.82, 2.24) is 4.90 Å². The quantitative estimate of drug-likeness (QED) is 0.755. The first-order valence-electron chi connectivity index (χ1n) is 6.99. The van der Waals surface area contributed by atoms with Crippen LogP contribution in [0.3, 0.4) is 0 Å². The lowest BCUT2D eigenvalue weighted by Crippen LogP contribution is -2.31. The van der Waals surface area contributed by atoms with Crippen molar-refractivity contribution in [3.8, 4) is 0 Å². The van der Waals surface area contributed by atoms with Crippen LogP contribution in [0.25, 0.3) is 0 Å². The van der Waals surface area contributed by atoms with Crippen LogP contribution in [0.2, 0.25) is 5.02 Å². The summed E-state index contributed by atoms with van der Waals surface area (Å²) in [6, 6.07) is 8.43. The molecular formula is C16H25ClN2S. The van der Waals surface area contributed by atoms with E-state index >= 15 is 0 Å². The van der Waals surface area contributed by atoms with E-state index in [2.05, 4.69) is 44.9 Å². The van der Waals surface area contributed by atoms with Crippen molar-refractivity contribution >= 4 is 28.8 Å². The van der Waals surface area contributed by atoms with E-state index in [4.69, 9.17) is 29.6 Å². The Morgan fingerprint density at radius 1 is 1.35 bits per heavy atom. The summed E-state index contributed by atoms with van der Waals surface area (Å²) < 4.78 is 0. The molecule has 0 aromatic heterocycles. The molecule has 0 fully saturated rings. The van der Waals surface area contributed by atoms with Crippen molar-refractivity contribution < 1.29 is 0 Å². The average Bonchev–Trinajstić information content (AvgIpc) is 2.38. The summed E-state index contributed by atoms with van der Waals surface area (Å²) in [5.41, 5.74) is 6.98. The predicted octanol–water partition coefficient (Wildman–Crippen LogP) is 4.43. The molecule has 2 N–H and O–H groups in total. The minimum absolute atomic E-state index is 0.0559. The Morgan fingerprint density at radius 2 is 1.90 bits per heavy atom. The maximum atomic E-state index is 5.92. The van der Waals surface area contributed by atoms with E-state index in [1.54, 1.807) is 0 Å². The molecule has 0 amide bonds. The molecule has 0 saturated heterocycles. The molecule has 1 atom stereocenters. The van der Waals surface area contributed by atoms with Gasteiger partial charge in [0.1, 0.15) is 0 Å². The standard InChI is InChI=1S/C16H25ClN2S/c1-12(13-6-8-14(17)9-7-13)19(4)11-5-10-16(2,3)15(18)20/h6-9,12H,5,10-11H2,1-4H3,(H2,18,20). The number of nitrogens with zero attached hydrogens (tertiary/aromatic N) is 1. The number of halogens is 1. The highest BCUT2D eigenvalue weighted by Crippen LogP contribution is 2.25. The summed E-state index contributed by atoms with van der Waals surface area (Å²) in [6.07, 6.45) is 2.10. The molecule has 0 aliphatic carbocycles. The zero-order valence-electron chi connectivity index (χ0n) is 12.8. The number of benzene rings is 1. The Bertz CT molecular complexity index is 442. The molecule has 0 aliphatic heterocycles. The van der Waals surface area contributed by atoms with E-state index in [0.29, 0.717) is 11.0 Å². The first-order chi connectivity index (χ1) is 9.24. The molecular weight excluding hydrogens is 288 g/mol. The Morgan fingerprint density at radius 3 is 2.40 bits per heavy atom. The number of hydrogen-bond donors (Lipinski definition) is 1. The third-order valence-electron chi connectivity index (χ3n) is 3.99. The second kappa shape index (κ2) is 7.39. The Kier molecular flexibility index (Phi) is 6.44. The molecule has 1 aromatic carbocycles. The van der Waals surface area contributed by atoms with E-state index < -0.39 is 0 Å². The second-order valence-electron chi connectivity index (χ2n) is 6.06. The van der Waals surface area contributed by atoms with Gasteiger partial charge in [0.25, 0.3) is 0 Å². The fraction of sp³-hybridized carbons (Fsp3) is 0.562. The predicted molar refractivity (Wildman–Crippen MR) is 92.3 cm³/mol. The Labute approximate surface area is 133 Å². The zero-order valence-corrected chi connectivity index (χ0v) is 14.4. The zero-order chi connectivity index (χ0) is 15.3. The van der Waals surface area contributed by atoms with Gasteiger partial charge in [0, 0.05) is 16.5 Å². The summed E-state index contributed by atoms with van der Waals surface area (Å²) in [5, 5.41) is 0.779. The average molecular weight is 313 g/mol. The molecule has 112 valence electrons. The molecule has 0 radical (unpaired) electrons. The van der Waals surface area contributed by atoms with Crippen molar-refractivity contribution in [2.75, 3.05) is 13.6 Å². The van der Waals surface area contributed by atoms with E-state index in [9.17, 15) is 0 Å². The molecule has 0 heterocycles. The molecule has 0 bridgehead atoms. The van der Waals surface area contributed by atoms with E-state index in [-0.39, 0.29) is 5.41 Å². The molecule has 1 unspecified atom stereocenters. The summed E-state index contributed by atoms with van der Waals surface area (Å²) >= 11 is 11.0. The fourth-order valence-corrected chi connectivity index (χ4v) is 2.31. The van der Waals surface area contributed by atoms with Gasteiger partial charge in [0.2, 0.25) is 0 Å². The van der Waals surface area contributed by atoms with Gasteiger partial charge in [-0.05, 0) is 51.1 Å². The van der Waals surface area contributed by atoms with Crippen LogP contribution in [-0.2, 0) is 0 Å². The van der Waals surface area contributed by atoms with Crippen molar-refractivity contribution in [1.29, 1.82) is 0 Å². The Balaban J connectivity index is 2.48. The fourth-order valence-electron chi connectivity index (χ4n) is 2.08. The molecule has 4 heteroatoms. The van der Waals surface area contributed by atoms with E-state index in [0.717, 1.165) is 24.4 Å². The van der Waals surface area contributed by atoms with Crippen molar-refractivity contribution in [2.24, 2.45) is 11.1 Å². The van der Waals surface area contributed by atoms with Crippen molar-refractivity contribution in [3.63, 3.8) is 0 Å². The van der Waals surface area contributed by atoms with Gasteiger partial charge in [-0.2, -0.15) is 0 Å². The normalized spacial score (nSPS) is 13.5. The topological polar surface area (TPSA) is 29.3 Å². The van der Waals surface area contributed by atoms with Crippen molar-refractivity contribution in [3.05, 3.63) is 34.9 Å². The summed E-state index contributed by atoms with van der Waals surface area (Å²) in [5.74, 6) is 0. The van der Waals surface area contributed by atoms with Gasteiger partial charge in [-0.1, -0.05) is 49.8 Å². The monoisotopic (exact) mass is 312 g/mol. The lowest BCUT2D eigenvalue weighted by atomic mass is 9.88. The largest absolute Gasteiger partial charge is 0.393 e. The Hall–Kier alpha value is -0.640.